The third-order valence-electron chi connectivity index (χ3n) is 3.21. The van der Waals surface area contributed by atoms with Crippen LogP contribution in [-0.4, -0.2) is 17.6 Å². The molecule has 0 radical (unpaired) electrons. The Morgan fingerprint density at radius 2 is 1.90 bits per heavy atom. The Balaban J connectivity index is 2.12. The monoisotopic (exact) mass is 283 g/mol. The molecular formula is C17H21N3O. The molecule has 0 saturated carbocycles. The first-order chi connectivity index (χ1) is 10.3. The van der Waals surface area contributed by atoms with E-state index in [4.69, 9.17) is 0 Å². The summed E-state index contributed by atoms with van der Waals surface area (Å²) >= 11 is 0. The zero-order chi connectivity index (χ0) is 14.9. The summed E-state index contributed by atoms with van der Waals surface area (Å²) in [4.78, 5) is 16.4. The molecule has 0 fully saturated rings. The molecule has 0 aliphatic carbocycles. The second-order valence-electron chi connectivity index (χ2n) is 4.85. The Kier molecular flexibility index (Phi) is 5.76. The maximum atomic E-state index is 12.0. The number of carbonyl (C=O) groups is 1. The van der Waals surface area contributed by atoms with Crippen molar-refractivity contribution in [1.29, 1.82) is 0 Å². The van der Waals surface area contributed by atoms with E-state index < -0.39 is 0 Å². The highest BCUT2D eigenvalue weighted by atomic mass is 16.2. The molecule has 1 aromatic heterocycles. The van der Waals surface area contributed by atoms with Crippen molar-refractivity contribution in [3.05, 3.63) is 66.0 Å². The van der Waals surface area contributed by atoms with Gasteiger partial charge in [-0.1, -0.05) is 49.7 Å². The van der Waals surface area contributed by atoms with Gasteiger partial charge in [0.15, 0.2) is 0 Å². The number of nitrogens with zero attached hydrogens (tertiary/aromatic N) is 1. The van der Waals surface area contributed by atoms with Crippen LogP contribution in [0.3, 0.4) is 0 Å². The van der Waals surface area contributed by atoms with Gasteiger partial charge in [-0.05, 0) is 24.1 Å². The zero-order valence-electron chi connectivity index (χ0n) is 12.3. The topological polar surface area (TPSA) is 54.0 Å². The molecule has 0 spiro atoms. The summed E-state index contributed by atoms with van der Waals surface area (Å²) < 4.78 is 0. The molecule has 110 valence electrons. The average molecular weight is 283 g/mol. The number of carbonyl (C=O) groups excluding carboxylic acids is 1. The van der Waals surface area contributed by atoms with Crippen LogP contribution in [0.15, 0.2) is 54.7 Å². The number of benzene rings is 1. The van der Waals surface area contributed by atoms with Gasteiger partial charge in [-0.2, -0.15) is 0 Å². The summed E-state index contributed by atoms with van der Waals surface area (Å²) in [6.07, 6.45) is 3.78. The molecule has 0 bridgehead atoms. The molecule has 4 nitrogen and oxygen atoms in total. The lowest BCUT2D eigenvalue weighted by Gasteiger charge is -2.19. The van der Waals surface area contributed by atoms with Crippen LogP contribution < -0.4 is 10.6 Å². The molecule has 4 heteroatoms. The molecular weight excluding hydrogens is 262 g/mol. The van der Waals surface area contributed by atoms with Crippen molar-refractivity contribution in [3.63, 3.8) is 0 Å². The van der Waals surface area contributed by atoms with Crippen molar-refractivity contribution in [2.24, 2.45) is 0 Å². The Bertz CT molecular complexity index is 503. The predicted octanol–water partition coefficient (Wildman–Crippen LogP) is 3.27. The lowest BCUT2D eigenvalue weighted by Crippen LogP contribution is -2.39. The number of amides is 2. The highest BCUT2D eigenvalue weighted by Gasteiger charge is 2.17. The number of aromatic nitrogens is 1. The Hall–Kier alpha value is -2.36. The molecule has 0 aliphatic heterocycles. The highest BCUT2D eigenvalue weighted by molar-refractivity contribution is 5.74. The standard InChI is InChI=1S/C17H21N3O/c1-2-3-12-19-17(21)20-16(14-9-5-4-6-10-14)15-11-7-8-13-18-15/h4-11,13,16H,2-3,12H2,1H3,(H2,19,20,21)/t16-/m1/s1. The quantitative estimate of drug-likeness (QED) is 0.799. The molecule has 2 rings (SSSR count). The van der Waals surface area contributed by atoms with Gasteiger partial charge in [-0.3, -0.25) is 4.98 Å². The van der Waals surface area contributed by atoms with Crippen molar-refractivity contribution in [1.82, 2.24) is 15.6 Å². The first-order valence-corrected chi connectivity index (χ1v) is 7.31. The van der Waals surface area contributed by atoms with E-state index in [-0.39, 0.29) is 12.1 Å². The van der Waals surface area contributed by atoms with E-state index >= 15 is 0 Å². The Labute approximate surface area is 125 Å². The fraction of sp³-hybridized carbons (Fsp3) is 0.294. The van der Waals surface area contributed by atoms with E-state index in [1.54, 1.807) is 6.20 Å². The summed E-state index contributed by atoms with van der Waals surface area (Å²) in [6, 6.07) is 15.2. The number of unbranched alkanes of at least 4 members (excludes halogenated alkanes) is 1. The second-order valence-corrected chi connectivity index (χ2v) is 4.85. The molecule has 0 saturated heterocycles. The van der Waals surface area contributed by atoms with E-state index in [9.17, 15) is 4.79 Å². The normalized spacial score (nSPS) is 11.7. The number of urea groups is 1. The van der Waals surface area contributed by atoms with Crippen LogP contribution in [0.5, 0.6) is 0 Å². The van der Waals surface area contributed by atoms with Gasteiger partial charge in [-0.25, -0.2) is 4.79 Å². The summed E-state index contributed by atoms with van der Waals surface area (Å²) in [7, 11) is 0. The molecule has 2 aromatic rings. The van der Waals surface area contributed by atoms with E-state index in [1.165, 1.54) is 0 Å². The van der Waals surface area contributed by atoms with Crippen LogP contribution >= 0.6 is 0 Å². The van der Waals surface area contributed by atoms with Gasteiger partial charge in [0.2, 0.25) is 0 Å². The summed E-state index contributed by atoms with van der Waals surface area (Å²) in [5, 5.41) is 5.87. The summed E-state index contributed by atoms with van der Waals surface area (Å²) in [5.41, 5.74) is 1.84. The van der Waals surface area contributed by atoms with Crippen LogP contribution in [0.2, 0.25) is 0 Å². The summed E-state index contributed by atoms with van der Waals surface area (Å²) in [5.74, 6) is 0. The number of hydrogen-bond acceptors (Lipinski definition) is 2. The third-order valence-corrected chi connectivity index (χ3v) is 3.21. The van der Waals surface area contributed by atoms with Crippen LogP contribution in [0.4, 0.5) is 4.79 Å². The van der Waals surface area contributed by atoms with Gasteiger partial charge >= 0.3 is 6.03 Å². The first kappa shape index (κ1) is 15.0. The molecule has 21 heavy (non-hydrogen) atoms. The third kappa shape index (κ3) is 4.60. The SMILES string of the molecule is CCCCNC(=O)N[C@H](c1ccccc1)c1ccccn1. The van der Waals surface area contributed by atoms with Crippen LogP contribution in [0, 0.1) is 0 Å². The van der Waals surface area contributed by atoms with Gasteiger partial charge in [0, 0.05) is 12.7 Å². The number of hydrogen-bond donors (Lipinski definition) is 2. The summed E-state index contributed by atoms with van der Waals surface area (Å²) in [6.45, 7) is 2.78. The minimum Gasteiger partial charge on any atom is -0.338 e. The number of rotatable bonds is 6. The van der Waals surface area contributed by atoms with Crippen molar-refractivity contribution in [2.45, 2.75) is 25.8 Å². The zero-order valence-corrected chi connectivity index (χ0v) is 12.3. The van der Waals surface area contributed by atoms with Crippen molar-refractivity contribution in [2.75, 3.05) is 6.54 Å². The average Bonchev–Trinajstić information content (AvgIpc) is 2.54. The lowest BCUT2D eigenvalue weighted by molar-refractivity contribution is 0.238. The molecule has 0 aliphatic rings. The lowest BCUT2D eigenvalue weighted by atomic mass is 10.0. The van der Waals surface area contributed by atoms with E-state index in [0.717, 1.165) is 24.1 Å². The predicted molar refractivity (Wildman–Crippen MR) is 84.0 cm³/mol. The van der Waals surface area contributed by atoms with Gasteiger partial charge < -0.3 is 10.6 Å². The largest absolute Gasteiger partial charge is 0.338 e. The van der Waals surface area contributed by atoms with Crippen LogP contribution in [-0.2, 0) is 0 Å². The van der Waals surface area contributed by atoms with Crippen LogP contribution in [0.25, 0.3) is 0 Å². The highest BCUT2D eigenvalue weighted by Crippen LogP contribution is 2.19. The van der Waals surface area contributed by atoms with Gasteiger partial charge in [-0.15, -0.1) is 0 Å². The van der Waals surface area contributed by atoms with Gasteiger partial charge in [0.05, 0.1) is 11.7 Å². The maximum Gasteiger partial charge on any atom is 0.315 e. The number of nitrogens with one attached hydrogen (secondary N) is 2. The molecule has 2 amide bonds. The van der Waals surface area contributed by atoms with Crippen LogP contribution in [0.1, 0.15) is 37.1 Å². The first-order valence-electron chi connectivity index (χ1n) is 7.31. The molecule has 1 atom stereocenters. The van der Waals surface area contributed by atoms with Crippen molar-refractivity contribution in [3.8, 4) is 0 Å². The van der Waals surface area contributed by atoms with Gasteiger partial charge in [0.1, 0.15) is 0 Å². The molecule has 0 unspecified atom stereocenters. The fourth-order valence-electron chi connectivity index (χ4n) is 2.08. The smallest absolute Gasteiger partial charge is 0.315 e. The molecule has 1 aromatic carbocycles. The van der Waals surface area contributed by atoms with E-state index in [0.29, 0.717) is 6.54 Å². The fourth-order valence-corrected chi connectivity index (χ4v) is 2.08. The van der Waals surface area contributed by atoms with Gasteiger partial charge in [0.25, 0.3) is 0 Å². The maximum absolute atomic E-state index is 12.0. The minimum atomic E-state index is -0.242. The number of pyridine rings is 1. The minimum absolute atomic E-state index is 0.164. The van der Waals surface area contributed by atoms with E-state index in [1.807, 2.05) is 48.5 Å². The van der Waals surface area contributed by atoms with Crippen molar-refractivity contribution >= 4 is 6.03 Å². The van der Waals surface area contributed by atoms with E-state index in [2.05, 4.69) is 22.5 Å². The molecule has 1 heterocycles. The second kappa shape index (κ2) is 8.04. The molecule has 2 N–H and O–H groups in total. The Morgan fingerprint density at radius 3 is 2.57 bits per heavy atom. The Morgan fingerprint density at radius 1 is 1.14 bits per heavy atom. The van der Waals surface area contributed by atoms with Crippen molar-refractivity contribution < 1.29 is 4.79 Å².